The second-order valence-electron chi connectivity index (χ2n) is 5.48. The topological polar surface area (TPSA) is 86.5 Å². The first-order chi connectivity index (χ1) is 10.6. The summed E-state index contributed by atoms with van der Waals surface area (Å²) in [5.41, 5.74) is 6.33. The van der Waals surface area contributed by atoms with Gasteiger partial charge in [-0.1, -0.05) is 11.6 Å². The lowest BCUT2D eigenvalue weighted by molar-refractivity contribution is -0.0400. The summed E-state index contributed by atoms with van der Waals surface area (Å²) < 4.78 is 10.9. The number of nitrogens with zero attached hydrogens (tertiary/aromatic N) is 1. The molecule has 3 unspecified atom stereocenters. The van der Waals surface area contributed by atoms with Gasteiger partial charge in [-0.15, -0.1) is 0 Å². The van der Waals surface area contributed by atoms with E-state index < -0.39 is 0 Å². The lowest BCUT2D eigenvalue weighted by Gasteiger charge is -2.34. The Labute approximate surface area is 135 Å². The Morgan fingerprint density at radius 2 is 2.23 bits per heavy atom. The van der Waals surface area contributed by atoms with Crippen molar-refractivity contribution in [1.29, 1.82) is 0 Å². The van der Waals surface area contributed by atoms with Gasteiger partial charge in [-0.2, -0.15) is 0 Å². The summed E-state index contributed by atoms with van der Waals surface area (Å²) in [6.07, 6.45) is 4.54. The van der Waals surface area contributed by atoms with Crippen molar-refractivity contribution in [2.75, 3.05) is 26.5 Å². The molecule has 1 aromatic rings. The van der Waals surface area contributed by atoms with Gasteiger partial charge in [-0.3, -0.25) is 4.79 Å². The molecule has 1 heterocycles. The van der Waals surface area contributed by atoms with Crippen LogP contribution in [0.5, 0.6) is 0 Å². The fourth-order valence-corrected chi connectivity index (χ4v) is 3.01. The zero-order chi connectivity index (χ0) is 16.1. The lowest BCUT2D eigenvalue weighted by atomic mass is 9.84. The molecule has 1 aliphatic carbocycles. The predicted molar refractivity (Wildman–Crippen MR) is 84.9 cm³/mol. The number of hydrogen-bond donors (Lipinski definition) is 2. The maximum Gasteiger partial charge on any atom is 0.253 e. The second kappa shape index (κ2) is 7.76. The van der Waals surface area contributed by atoms with Crippen LogP contribution in [0, 0.1) is 5.92 Å². The van der Waals surface area contributed by atoms with Crippen LogP contribution >= 0.6 is 11.6 Å². The molecule has 2 rings (SSSR count). The van der Waals surface area contributed by atoms with E-state index in [1.165, 1.54) is 6.20 Å². The number of carbonyl (C=O) groups is 1. The molecular weight excluding hydrogens is 306 g/mol. The van der Waals surface area contributed by atoms with Crippen LogP contribution in [0.4, 0.5) is 5.69 Å². The molecule has 3 atom stereocenters. The van der Waals surface area contributed by atoms with Crippen LogP contribution in [0.3, 0.4) is 0 Å². The minimum atomic E-state index is -0.245. The molecule has 122 valence electrons. The van der Waals surface area contributed by atoms with E-state index in [4.69, 9.17) is 26.8 Å². The lowest BCUT2D eigenvalue weighted by Crippen LogP contribution is -2.41. The third-order valence-electron chi connectivity index (χ3n) is 4.23. The Morgan fingerprint density at radius 1 is 1.45 bits per heavy atom. The third-order valence-corrected chi connectivity index (χ3v) is 4.53. The standard InChI is InChI=1S/C15H22ClN3O3/c1-21-10-4-3-9(12(7-10)22-2)8-19-15(20)11-5-6-18-14(16)13(11)17/h5-6,9-10,12H,3-4,7-8,17H2,1-2H3,(H,19,20). The molecule has 7 heteroatoms. The molecule has 0 bridgehead atoms. The largest absolute Gasteiger partial charge is 0.396 e. The number of anilines is 1. The van der Waals surface area contributed by atoms with Crippen molar-refractivity contribution < 1.29 is 14.3 Å². The molecule has 3 N–H and O–H groups in total. The van der Waals surface area contributed by atoms with Crippen LogP contribution in [-0.2, 0) is 9.47 Å². The number of methoxy groups -OCH3 is 2. The van der Waals surface area contributed by atoms with Crippen molar-refractivity contribution in [3.8, 4) is 0 Å². The molecule has 0 spiro atoms. The van der Waals surface area contributed by atoms with Crippen molar-refractivity contribution in [2.45, 2.75) is 31.5 Å². The highest BCUT2D eigenvalue weighted by atomic mass is 35.5. The minimum absolute atomic E-state index is 0.0809. The zero-order valence-electron chi connectivity index (χ0n) is 12.8. The summed E-state index contributed by atoms with van der Waals surface area (Å²) in [6, 6.07) is 1.56. The normalized spacial score (nSPS) is 25.0. The van der Waals surface area contributed by atoms with Crippen LogP contribution in [0.15, 0.2) is 12.3 Å². The number of carbonyl (C=O) groups excluding carboxylic acids is 1. The highest BCUT2D eigenvalue weighted by Crippen LogP contribution is 2.28. The monoisotopic (exact) mass is 327 g/mol. The van der Waals surface area contributed by atoms with E-state index in [0.717, 1.165) is 19.3 Å². The van der Waals surface area contributed by atoms with Gasteiger partial charge in [-0.25, -0.2) is 4.98 Å². The van der Waals surface area contributed by atoms with Crippen molar-refractivity contribution in [1.82, 2.24) is 10.3 Å². The van der Waals surface area contributed by atoms with Gasteiger partial charge in [0.15, 0.2) is 5.15 Å². The van der Waals surface area contributed by atoms with E-state index in [1.807, 2.05) is 0 Å². The molecule has 22 heavy (non-hydrogen) atoms. The Morgan fingerprint density at radius 3 is 2.91 bits per heavy atom. The van der Waals surface area contributed by atoms with Crippen LogP contribution in [0.1, 0.15) is 29.6 Å². The van der Waals surface area contributed by atoms with E-state index in [1.54, 1.807) is 20.3 Å². The molecule has 0 aromatic carbocycles. The van der Waals surface area contributed by atoms with Gasteiger partial charge in [0.05, 0.1) is 23.5 Å². The quantitative estimate of drug-likeness (QED) is 0.806. The fourth-order valence-electron chi connectivity index (χ4n) is 2.86. The first-order valence-corrected chi connectivity index (χ1v) is 7.68. The van der Waals surface area contributed by atoms with Crippen molar-refractivity contribution in [2.24, 2.45) is 5.92 Å². The highest BCUT2D eigenvalue weighted by molar-refractivity contribution is 6.32. The number of rotatable bonds is 5. The van der Waals surface area contributed by atoms with Crippen molar-refractivity contribution >= 4 is 23.2 Å². The second-order valence-corrected chi connectivity index (χ2v) is 5.84. The van der Waals surface area contributed by atoms with Gasteiger partial charge >= 0.3 is 0 Å². The number of ether oxygens (including phenoxy) is 2. The first-order valence-electron chi connectivity index (χ1n) is 7.30. The summed E-state index contributed by atoms with van der Waals surface area (Å²) in [4.78, 5) is 16.1. The van der Waals surface area contributed by atoms with E-state index >= 15 is 0 Å². The molecule has 0 radical (unpaired) electrons. The number of pyridine rings is 1. The number of aromatic nitrogens is 1. The van der Waals surface area contributed by atoms with E-state index in [9.17, 15) is 4.79 Å². The average molecular weight is 328 g/mol. The van der Waals surface area contributed by atoms with Gasteiger partial charge in [0, 0.05) is 39.3 Å². The Balaban J connectivity index is 1.94. The van der Waals surface area contributed by atoms with Crippen LogP contribution in [0.25, 0.3) is 0 Å². The maximum absolute atomic E-state index is 12.2. The Bertz CT molecular complexity index is 527. The number of hydrogen-bond acceptors (Lipinski definition) is 5. The summed E-state index contributed by atoms with van der Waals surface area (Å²) in [5, 5.41) is 3.05. The van der Waals surface area contributed by atoms with Crippen molar-refractivity contribution in [3.05, 3.63) is 23.0 Å². The van der Waals surface area contributed by atoms with Gasteiger partial charge in [0.25, 0.3) is 5.91 Å². The summed E-state index contributed by atoms with van der Waals surface area (Å²) in [6.45, 7) is 0.535. The molecule has 1 fully saturated rings. The molecule has 0 aliphatic heterocycles. The molecule has 1 saturated carbocycles. The van der Waals surface area contributed by atoms with Crippen LogP contribution in [-0.4, -0.2) is 43.9 Å². The molecule has 1 aliphatic rings. The SMILES string of the molecule is COC1CCC(CNC(=O)c2ccnc(Cl)c2N)C(OC)C1. The van der Waals surface area contributed by atoms with Crippen molar-refractivity contribution in [3.63, 3.8) is 0 Å². The maximum atomic E-state index is 12.2. The molecular formula is C15H22ClN3O3. The summed E-state index contributed by atoms with van der Waals surface area (Å²) >= 11 is 5.83. The Kier molecular flexibility index (Phi) is 5.99. The first kappa shape index (κ1) is 17.0. The number of halogens is 1. The van der Waals surface area contributed by atoms with Gasteiger partial charge in [0.2, 0.25) is 0 Å². The number of nitrogens with one attached hydrogen (secondary N) is 1. The molecule has 6 nitrogen and oxygen atoms in total. The third kappa shape index (κ3) is 3.88. The van der Waals surface area contributed by atoms with E-state index in [0.29, 0.717) is 12.1 Å². The van der Waals surface area contributed by atoms with E-state index in [2.05, 4.69) is 10.3 Å². The van der Waals surface area contributed by atoms with E-state index in [-0.39, 0.29) is 34.9 Å². The number of nitrogens with two attached hydrogens (primary N) is 1. The highest BCUT2D eigenvalue weighted by Gasteiger charge is 2.31. The molecule has 1 aromatic heterocycles. The molecule has 1 amide bonds. The Hall–Kier alpha value is -1.37. The smallest absolute Gasteiger partial charge is 0.253 e. The van der Waals surface area contributed by atoms with Gasteiger partial charge < -0.3 is 20.5 Å². The zero-order valence-corrected chi connectivity index (χ0v) is 13.6. The van der Waals surface area contributed by atoms with Gasteiger partial charge in [-0.05, 0) is 18.9 Å². The minimum Gasteiger partial charge on any atom is -0.396 e. The summed E-state index contributed by atoms with van der Waals surface area (Å²) in [7, 11) is 3.41. The number of nitrogen functional groups attached to an aromatic ring is 1. The van der Waals surface area contributed by atoms with Crippen LogP contribution < -0.4 is 11.1 Å². The van der Waals surface area contributed by atoms with Crippen LogP contribution in [0.2, 0.25) is 5.15 Å². The predicted octanol–water partition coefficient (Wildman–Crippen LogP) is 1.88. The average Bonchev–Trinajstić information content (AvgIpc) is 2.54. The number of amides is 1. The molecule has 0 saturated heterocycles. The fraction of sp³-hybridized carbons (Fsp3) is 0.600. The van der Waals surface area contributed by atoms with Gasteiger partial charge in [0.1, 0.15) is 0 Å². The summed E-state index contributed by atoms with van der Waals surface area (Å²) in [5.74, 6) is 0.0180.